The second kappa shape index (κ2) is 6.22. The Balaban J connectivity index is 2.33. The molecule has 0 radical (unpaired) electrons. The number of Topliss-reactive ketones (excluding diaryl/α,β-unsaturated/α-hetero) is 1. The molecule has 1 aromatic carbocycles. The van der Waals surface area contributed by atoms with Gasteiger partial charge in [-0.1, -0.05) is 25.1 Å². The molecule has 2 aromatic rings. The molecule has 0 aliphatic carbocycles. The summed E-state index contributed by atoms with van der Waals surface area (Å²) >= 11 is 7.04. The fraction of sp³-hybridized carbons (Fsp3) is 0.333. The monoisotopic (exact) mass is 398 g/mol. The zero-order valence-electron chi connectivity index (χ0n) is 11.7. The minimum absolute atomic E-state index is 0.0897. The maximum atomic E-state index is 12.5. The lowest BCUT2D eigenvalue weighted by Gasteiger charge is -2.07. The summed E-state index contributed by atoms with van der Waals surface area (Å²) in [5.41, 5.74) is 3.68. The molecule has 0 amide bonds. The van der Waals surface area contributed by atoms with Gasteiger partial charge in [-0.3, -0.25) is 9.48 Å². The van der Waals surface area contributed by atoms with Crippen LogP contribution in [-0.2, 0) is 19.9 Å². The molecule has 0 saturated heterocycles. The van der Waals surface area contributed by atoms with Crippen LogP contribution in [-0.4, -0.2) is 15.6 Å². The van der Waals surface area contributed by atoms with Gasteiger partial charge in [0.05, 0.1) is 22.3 Å². The van der Waals surface area contributed by atoms with Crippen molar-refractivity contribution in [3.05, 3.63) is 49.7 Å². The fourth-order valence-electron chi connectivity index (χ4n) is 2.12. The van der Waals surface area contributed by atoms with Gasteiger partial charge in [-0.05, 0) is 50.8 Å². The van der Waals surface area contributed by atoms with Gasteiger partial charge in [0.1, 0.15) is 0 Å². The number of aromatic nitrogens is 2. The highest BCUT2D eigenvalue weighted by Gasteiger charge is 2.18. The first-order valence-electron chi connectivity index (χ1n) is 6.44. The van der Waals surface area contributed by atoms with Crippen LogP contribution in [0, 0.1) is 6.92 Å². The molecule has 20 heavy (non-hydrogen) atoms. The van der Waals surface area contributed by atoms with Crippen LogP contribution >= 0.6 is 31.9 Å². The first kappa shape index (κ1) is 15.4. The molecule has 106 valence electrons. The van der Waals surface area contributed by atoms with Crippen molar-refractivity contribution in [1.29, 1.82) is 0 Å². The topological polar surface area (TPSA) is 34.9 Å². The maximum absolute atomic E-state index is 12.5. The minimum atomic E-state index is 0.0897. The molecule has 0 saturated carbocycles. The molecular formula is C15H16Br2N2O. The van der Waals surface area contributed by atoms with Crippen molar-refractivity contribution in [2.45, 2.75) is 26.7 Å². The van der Waals surface area contributed by atoms with Crippen molar-refractivity contribution in [1.82, 2.24) is 9.78 Å². The Morgan fingerprint density at radius 1 is 1.30 bits per heavy atom. The van der Waals surface area contributed by atoms with Crippen molar-refractivity contribution in [2.75, 3.05) is 0 Å². The first-order chi connectivity index (χ1) is 9.45. The molecule has 2 rings (SSSR count). The second-order valence-electron chi connectivity index (χ2n) is 4.72. The van der Waals surface area contributed by atoms with Crippen LogP contribution in [0.5, 0.6) is 0 Å². The highest BCUT2D eigenvalue weighted by molar-refractivity contribution is 9.11. The number of benzene rings is 1. The zero-order chi connectivity index (χ0) is 14.9. The van der Waals surface area contributed by atoms with Crippen LogP contribution in [0.4, 0.5) is 0 Å². The molecular weight excluding hydrogens is 384 g/mol. The predicted octanol–water partition coefficient (Wildman–Crippen LogP) is 4.24. The molecule has 1 heterocycles. The van der Waals surface area contributed by atoms with E-state index in [2.05, 4.69) is 43.9 Å². The van der Waals surface area contributed by atoms with Gasteiger partial charge in [-0.2, -0.15) is 5.10 Å². The number of carbonyl (C=O) groups excluding carboxylic acids is 1. The quantitative estimate of drug-likeness (QED) is 0.720. The van der Waals surface area contributed by atoms with Gasteiger partial charge in [0.2, 0.25) is 0 Å². The van der Waals surface area contributed by atoms with Crippen LogP contribution in [0.25, 0.3) is 0 Å². The lowest BCUT2D eigenvalue weighted by atomic mass is 10.0. The lowest BCUT2D eigenvalue weighted by Crippen LogP contribution is -2.09. The normalized spacial score (nSPS) is 10.8. The Labute approximate surface area is 135 Å². The van der Waals surface area contributed by atoms with E-state index in [0.717, 1.165) is 37.9 Å². The summed E-state index contributed by atoms with van der Waals surface area (Å²) in [5.74, 6) is 0.0897. The lowest BCUT2D eigenvalue weighted by molar-refractivity contribution is 0.0989. The van der Waals surface area contributed by atoms with Crippen molar-refractivity contribution in [3.8, 4) is 0 Å². The van der Waals surface area contributed by atoms with Gasteiger partial charge in [0, 0.05) is 17.1 Å². The van der Waals surface area contributed by atoms with Crippen molar-refractivity contribution >= 4 is 37.6 Å². The Hall–Kier alpha value is -0.940. The highest BCUT2D eigenvalue weighted by atomic mass is 79.9. The summed E-state index contributed by atoms with van der Waals surface area (Å²) in [7, 11) is 1.87. The zero-order valence-corrected chi connectivity index (χ0v) is 14.9. The van der Waals surface area contributed by atoms with Crippen molar-refractivity contribution < 1.29 is 4.79 Å². The minimum Gasteiger partial charge on any atom is -0.294 e. The number of halogens is 2. The molecule has 0 unspecified atom stereocenters. The standard InChI is InChI=1S/C15H16Br2N2O/c1-4-11-15(17)12(19(3)18-11)8-13(20)10-7-5-6-9(2)14(10)16/h5-7H,4,8H2,1-3H3. The molecule has 5 heteroatoms. The summed E-state index contributed by atoms with van der Waals surface area (Å²) < 4.78 is 3.60. The Kier molecular flexibility index (Phi) is 4.81. The Bertz CT molecular complexity index is 662. The average molecular weight is 400 g/mol. The summed E-state index contributed by atoms with van der Waals surface area (Å²) in [6.07, 6.45) is 1.18. The van der Waals surface area contributed by atoms with Crippen LogP contribution in [0.3, 0.4) is 0 Å². The van der Waals surface area contributed by atoms with Gasteiger partial charge >= 0.3 is 0 Å². The van der Waals surface area contributed by atoms with Crippen LogP contribution in [0.1, 0.15) is 34.2 Å². The molecule has 0 fully saturated rings. The van der Waals surface area contributed by atoms with E-state index in [4.69, 9.17) is 0 Å². The summed E-state index contributed by atoms with van der Waals surface area (Å²) in [5, 5.41) is 4.42. The van der Waals surface area contributed by atoms with E-state index in [-0.39, 0.29) is 5.78 Å². The van der Waals surface area contributed by atoms with Crippen molar-refractivity contribution in [2.24, 2.45) is 7.05 Å². The molecule has 0 aliphatic rings. The number of nitrogens with zero attached hydrogens (tertiary/aromatic N) is 2. The molecule has 0 atom stereocenters. The first-order valence-corrected chi connectivity index (χ1v) is 8.02. The van der Waals surface area contributed by atoms with E-state index in [0.29, 0.717) is 6.42 Å². The number of ketones is 1. The van der Waals surface area contributed by atoms with Gasteiger partial charge in [-0.15, -0.1) is 0 Å². The Morgan fingerprint density at radius 3 is 2.60 bits per heavy atom. The number of aryl methyl sites for hydroxylation is 3. The van der Waals surface area contributed by atoms with Crippen molar-refractivity contribution in [3.63, 3.8) is 0 Å². The highest BCUT2D eigenvalue weighted by Crippen LogP contribution is 2.26. The van der Waals surface area contributed by atoms with Crippen LogP contribution < -0.4 is 0 Å². The maximum Gasteiger partial charge on any atom is 0.169 e. The molecule has 0 spiro atoms. The van der Waals surface area contributed by atoms with Gasteiger partial charge in [-0.25, -0.2) is 0 Å². The van der Waals surface area contributed by atoms with Crippen LogP contribution in [0.2, 0.25) is 0 Å². The Morgan fingerprint density at radius 2 is 2.00 bits per heavy atom. The van der Waals surface area contributed by atoms with Gasteiger partial charge in [0.25, 0.3) is 0 Å². The smallest absolute Gasteiger partial charge is 0.169 e. The third-order valence-corrected chi connectivity index (χ3v) is 5.29. The molecule has 1 aromatic heterocycles. The third kappa shape index (κ3) is 2.88. The number of rotatable bonds is 4. The van der Waals surface area contributed by atoms with E-state index in [9.17, 15) is 4.79 Å². The molecule has 0 aliphatic heterocycles. The summed E-state index contributed by atoms with van der Waals surface area (Å²) in [4.78, 5) is 12.5. The summed E-state index contributed by atoms with van der Waals surface area (Å²) in [6.45, 7) is 4.03. The second-order valence-corrected chi connectivity index (χ2v) is 6.31. The van der Waals surface area contributed by atoms with E-state index >= 15 is 0 Å². The number of hydrogen-bond acceptors (Lipinski definition) is 2. The third-order valence-electron chi connectivity index (χ3n) is 3.32. The van der Waals surface area contributed by atoms with Crippen LogP contribution in [0.15, 0.2) is 27.1 Å². The molecule has 3 nitrogen and oxygen atoms in total. The van der Waals surface area contributed by atoms with Gasteiger partial charge in [0.15, 0.2) is 5.78 Å². The molecule has 0 bridgehead atoms. The van der Waals surface area contributed by atoms with E-state index in [1.807, 2.05) is 32.2 Å². The van der Waals surface area contributed by atoms with Gasteiger partial charge < -0.3 is 0 Å². The number of carbonyl (C=O) groups is 1. The summed E-state index contributed by atoms with van der Waals surface area (Å²) in [6, 6.07) is 5.74. The molecule has 0 N–H and O–H groups in total. The van der Waals surface area contributed by atoms with E-state index < -0.39 is 0 Å². The van der Waals surface area contributed by atoms with E-state index in [1.165, 1.54) is 0 Å². The largest absolute Gasteiger partial charge is 0.294 e. The fourth-order valence-corrected chi connectivity index (χ4v) is 3.36. The number of hydrogen-bond donors (Lipinski definition) is 0. The predicted molar refractivity (Wildman–Crippen MR) is 87.2 cm³/mol. The average Bonchev–Trinajstić information content (AvgIpc) is 2.69. The SMILES string of the molecule is CCc1nn(C)c(CC(=O)c2cccc(C)c2Br)c1Br. The van der Waals surface area contributed by atoms with E-state index in [1.54, 1.807) is 4.68 Å².